The molecule has 7 nitrogen and oxygen atoms in total. The van der Waals surface area contributed by atoms with Crippen LogP contribution in [0.1, 0.15) is 19.4 Å². The minimum atomic E-state index is -4.54. The second-order valence-corrected chi connectivity index (χ2v) is 7.26. The lowest BCUT2D eigenvalue weighted by atomic mass is 9.80. The Kier molecular flexibility index (Phi) is 5.71. The first-order valence-corrected chi connectivity index (χ1v) is 9.17. The molecule has 4 N–H and O–H groups in total. The number of pyridine rings is 2. The smallest absolute Gasteiger partial charge is 0.405 e. The van der Waals surface area contributed by atoms with Crippen LogP contribution >= 0.6 is 0 Å². The molecule has 30 heavy (non-hydrogen) atoms. The van der Waals surface area contributed by atoms with E-state index in [-0.39, 0.29) is 0 Å². The fourth-order valence-electron chi connectivity index (χ4n) is 3.20. The molecule has 160 valence electrons. The van der Waals surface area contributed by atoms with Crippen molar-refractivity contribution in [3.05, 3.63) is 42.5 Å². The summed E-state index contributed by atoms with van der Waals surface area (Å²) >= 11 is 0. The number of methoxy groups -OCH3 is 1. The molecule has 0 fully saturated rings. The van der Waals surface area contributed by atoms with Crippen LogP contribution < -0.4 is 15.8 Å². The van der Waals surface area contributed by atoms with E-state index in [2.05, 4.69) is 15.0 Å². The Bertz CT molecular complexity index is 1060. The van der Waals surface area contributed by atoms with E-state index in [4.69, 9.17) is 10.5 Å². The van der Waals surface area contributed by atoms with Gasteiger partial charge in [-0.15, -0.1) is 0 Å². The number of nitrogens with one attached hydrogen (secondary N) is 2. The summed E-state index contributed by atoms with van der Waals surface area (Å²) in [6.45, 7) is 1.87. The number of fused-ring (bicyclic) bond motifs is 1. The van der Waals surface area contributed by atoms with Crippen molar-refractivity contribution in [2.24, 2.45) is 11.7 Å². The highest BCUT2D eigenvalue weighted by molar-refractivity contribution is 5.95. The Morgan fingerprint density at radius 2 is 2.00 bits per heavy atom. The third kappa shape index (κ3) is 4.09. The molecule has 3 heterocycles. The van der Waals surface area contributed by atoms with Crippen LogP contribution in [0.4, 0.5) is 13.2 Å². The molecule has 3 aromatic rings. The number of nitrogens with zero attached hydrogens (tertiary/aromatic N) is 2. The molecule has 0 aliphatic heterocycles. The molecule has 1 atom stereocenters. The van der Waals surface area contributed by atoms with E-state index >= 15 is 0 Å². The fourth-order valence-corrected chi connectivity index (χ4v) is 3.20. The number of carbonyl (C=O) groups excluding carboxylic acids is 1. The van der Waals surface area contributed by atoms with Crippen LogP contribution in [0.15, 0.2) is 36.9 Å². The predicted molar refractivity (Wildman–Crippen MR) is 106 cm³/mol. The van der Waals surface area contributed by atoms with Gasteiger partial charge < -0.3 is 20.8 Å². The standard InChI is InChI=1S/C20H22F3N5O2/c1-11(2)20(24,18(29)28-10-19(21,22)23)13-4-12(6-25-7-13)16-9-27-17-15(16)5-14(30-3)8-26-17/h4-9,11H,10,24H2,1-3H3,(H,26,27)(H,28,29). The average Bonchev–Trinajstić information content (AvgIpc) is 3.13. The van der Waals surface area contributed by atoms with Gasteiger partial charge in [-0.25, -0.2) is 4.98 Å². The van der Waals surface area contributed by atoms with Crippen molar-refractivity contribution in [3.63, 3.8) is 0 Å². The first-order valence-electron chi connectivity index (χ1n) is 9.17. The van der Waals surface area contributed by atoms with Crippen LogP contribution in [0.3, 0.4) is 0 Å². The molecule has 1 unspecified atom stereocenters. The monoisotopic (exact) mass is 421 g/mol. The van der Waals surface area contributed by atoms with E-state index in [0.717, 1.165) is 10.9 Å². The summed E-state index contributed by atoms with van der Waals surface area (Å²) < 4.78 is 43.0. The number of aromatic amines is 1. The van der Waals surface area contributed by atoms with E-state index in [0.29, 0.717) is 22.5 Å². The lowest BCUT2D eigenvalue weighted by Gasteiger charge is -2.32. The number of ether oxygens (including phenoxy) is 1. The summed E-state index contributed by atoms with van der Waals surface area (Å²) in [5.74, 6) is -0.849. The zero-order valence-corrected chi connectivity index (χ0v) is 16.7. The highest BCUT2D eigenvalue weighted by Crippen LogP contribution is 2.33. The van der Waals surface area contributed by atoms with Crippen molar-refractivity contribution in [1.82, 2.24) is 20.3 Å². The maximum Gasteiger partial charge on any atom is 0.405 e. The number of nitrogens with two attached hydrogens (primary N) is 1. The molecule has 0 aliphatic rings. The van der Waals surface area contributed by atoms with Crippen LogP contribution in [0.25, 0.3) is 22.2 Å². The molecule has 10 heteroatoms. The summed E-state index contributed by atoms with van der Waals surface area (Å²) in [6.07, 6.45) is 1.75. The van der Waals surface area contributed by atoms with Gasteiger partial charge in [0.15, 0.2) is 0 Å². The molecule has 0 aliphatic carbocycles. The number of aromatic nitrogens is 3. The highest BCUT2D eigenvalue weighted by atomic mass is 19.4. The molecular weight excluding hydrogens is 399 g/mol. The SMILES string of the molecule is COc1cnc2[nH]cc(-c3cncc(C(N)(C(=O)NCC(F)(F)F)C(C)C)c3)c2c1. The second-order valence-electron chi connectivity index (χ2n) is 7.26. The Balaban J connectivity index is 2.03. The summed E-state index contributed by atoms with van der Waals surface area (Å²) in [7, 11) is 1.53. The molecule has 0 radical (unpaired) electrons. The molecule has 1 amide bonds. The maximum atomic E-state index is 12.7. The van der Waals surface area contributed by atoms with E-state index in [1.807, 2.05) is 5.32 Å². The van der Waals surface area contributed by atoms with Crippen LogP contribution in [0.2, 0.25) is 0 Å². The number of hydrogen-bond acceptors (Lipinski definition) is 5. The quantitative estimate of drug-likeness (QED) is 0.567. The van der Waals surface area contributed by atoms with Gasteiger partial charge in [0.1, 0.15) is 23.5 Å². The Labute approximate surface area is 170 Å². The lowest BCUT2D eigenvalue weighted by molar-refractivity contribution is -0.143. The van der Waals surface area contributed by atoms with Crippen molar-refractivity contribution in [2.75, 3.05) is 13.7 Å². The zero-order chi connectivity index (χ0) is 22.1. The Morgan fingerprint density at radius 3 is 2.63 bits per heavy atom. The second kappa shape index (κ2) is 7.94. The van der Waals surface area contributed by atoms with E-state index in [9.17, 15) is 18.0 Å². The van der Waals surface area contributed by atoms with E-state index < -0.39 is 30.1 Å². The number of carbonyl (C=O) groups is 1. The van der Waals surface area contributed by atoms with Crippen molar-refractivity contribution in [1.29, 1.82) is 0 Å². The van der Waals surface area contributed by atoms with E-state index in [1.54, 1.807) is 44.6 Å². The van der Waals surface area contributed by atoms with Gasteiger partial charge in [-0.3, -0.25) is 9.78 Å². The van der Waals surface area contributed by atoms with Gasteiger partial charge in [0.2, 0.25) is 5.91 Å². The first-order chi connectivity index (χ1) is 14.1. The predicted octanol–water partition coefficient (Wildman–Crippen LogP) is 3.12. The van der Waals surface area contributed by atoms with Crippen LogP contribution in [-0.4, -0.2) is 40.7 Å². The van der Waals surface area contributed by atoms with Crippen molar-refractivity contribution in [2.45, 2.75) is 25.6 Å². The molecule has 3 rings (SSSR count). The maximum absolute atomic E-state index is 12.7. The van der Waals surface area contributed by atoms with Crippen molar-refractivity contribution >= 4 is 16.9 Å². The zero-order valence-electron chi connectivity index (χ0n) is 16.7. The number of halogens is 3. The Morgan fingerprint density at radius 1 is 1.27 bits per heavy atom. The number of H-pyrrole nitrogens is 1. The normalized spacial score (nSPS) is 14.0. The number of rotatable bonds is 6. The lowest BCUT2D eigenvalue weighted by Crippen LogP contribution is -2.56. The molecular formula is C20H22F3N5O2. The average molecular weight is 421 g/mol. The molecule has 0 bridgehead atoms. The summed E-state index contributed by atoms with van der Waals surface area (Å²) in [5, 5.41) is 2.66. The van der Waals surface area contributed by atoms with Crippen molar-refractivity contribution < 1.29 is 22.7 Å². The van der Waals surface area contributed by atoms with Crippen LogP contribution in [0, 0.1) is 5.92 Å². The van der Waals surface area contributed by atoms with E-state index in [1.165, 1.54) is 13.3 Å². The molecule has 0 saturated carbocycles. The largest absolute Gasteiger partial charge is 0.495 e. The molecule has 0 spiro atoms. The van der Waals surface area contributed by atoms with Gasteiger partial charge in [-0.1, -0.05) is 13.8 Å². The minimum Gasteiger partial charge on any atom is -0.495 e. The van der Waals surface area contributed by atoms with Gasteiger partial charge in [-0.2, -0.15) is 13.2 Å². The number of amides is 1. The van der Waals surface area contributed by atoms with Gasteiger partial charge in [0, 0.05) is 40.7 Å². The number of alkyl halides is 3. The highest BCUT2D eigenvalue weighted by Gasteiger charge is 2.41. The van der Waals surface area contributed by atoms with Crippen LogP contribution in [-0.2, 0) is 10.3 Å². The van der Waals surface area contributed by atoms with Gasteiger partial charge in [-0.05, 0) is 18.1 Å². The van der Waals surface area contributed by atoms with Crippen LogP contribution in [0.5, 0.6) is 5.75 Å². The molecule has 0 saturated heterocycles. The third-order valence-corrected chi connectivity index (χ3v) is 5.00. The minimum absolute atomic E-state index is 0.305. The van der Waals surface area contributed by atoms with Gasteiger partial charge in [0.05, 0.1) is 13.3 Å². The topological polar surface area (TPSA) is 106 Å². The summed E-state index contributed by atoms with van der Waals surface area (Å²) in [4.78, 5) is 24.2. The molecule has 3 aromatic heterocycles. The summed E-state index contributed by atoms with van der Waals surface area (Å²) in [5.41, 5.74) is 6.97. The third-order valence-electron chi connectivity index (χ3n) is 5.00. The van der Waals surface area contributed by atoms with Gasteiger partial charge in [0.25, 0.3) is 0 Å². The molecule has 0 aromatic carbocycles. The Hall–Kier alpha value is -3.14. The summed E-state index contributed by atoms with van der Waals surface area (Å²) in [6, 6.07) is 3.46. The fraction of sp³-hybridized carbons (Fsp3) is 0.350. The first kappa shape index (κ1) is 21.6. The van der Waals surface area contributed by atoms with Gasteiger partial charge >= 0.3 is 6.18 Å². The van der Waals surface area contributed by atoms with Crippen molar-refractivity contribution in [3.8, 4) is 16.9 Å². The number of hydrogen-bond donors (Lipinski definition) is 3.